The third kappa shape index (κ3) is 2.52. The fourth-order valence-electron chi connectivity index (χ4n) is 2.51. The third-order valence-electron chi connectivity index (χ3n) is 3.68. The Morgan fingerprint density at radius 3 is 2.67 bits per heavy atom. The molecule has 0 bridgehead atoms. The average Bonchev–Trinajstić information content (AvgIpc) is 3.16. The number of urea groups is 1. The van der Waals surface area contributed by atoms with Gasteiger partial charge in [0.05, 0.1) is 12.4 Å². The van der Waals surface area contributed by atoms with E-state index in [0.29, 0.717) is 12.0 Å². The van der Waals surface area contributed by atoms with E-state index in [1.54, 1.807) is 24.7 Å². The van der Waals surface area contributed by atoms with Gasteiger partial charge < -0.3 is 15.2 Å². The third-order valence-corrected chi connectivity index (χ3v) is 3.68. The van der Waals surface area contributed by atoms with Crippen LogP contribution in [0, 0.1) is 0 Å². The quantitative estimate of drug-likeness (QED) is 0.836. The Balaban J connectivity index is 1.80. The molecule has 2 aromatic rings. The molecule has 1 aliphatic rings. The number of carbonyl (C=O) groups excluding carboxylic acids is 2. The van der Waals surface area contributed by atoms with E-state index in [2.05, 4.69) is 15.6 Å². The molecular formula is C15H16N4O2. The fraction of sp³-hybridized carbons (Fsp3) is 0.267. The van der Waals surface area contributed by atoms with Gasteiger partial charge in [-0.05, 0) is 30.7 Å². The first-order valence-corrected chi connectivity index (χ1v) is 6.88. The molecule has 2 N–H and O–H groups in total. The molecule has 108 valence electrons. The molecular weight excluding hydrogens is 268 g/mol. The SMILES string of the molecule is CCC1NC(=O)NC1C(=O)c1ccc(-n2ccnc2)cc1. The Hall–Kier alpha value is -2.63. The fourth-order valence-corrected chi connectivity index (χ4v) is 2.51. The molecule has 1 fully saturated rings. The van der Waals surface area contributed by atoms with Gasteiger partial charge in [-0.3, -0.25) is 4.79 Å². The highest BCUT2D eigenvalue weighted by Gasteiger charge is 2.35. The van der Waals surface area contributed by atoms with Crippen LogP contribution in [0.3, 0.4) is 0 Å². The van der Waals surface area contributed by atoms with Gasteiger partial charge in [-0.1, -0.05) is 6.92 Å². The zero-order valence-electron chi connectivity index (χ0n) is 11.6. The van der Waals surface area contributed by atoms with Crippen LogP contribution in [-0.2, 0) is 0 Å². The average molecular weight is 284 g/mol. The molecule has 6 heteroatoms. The van der Waals surface area contributed by atoms with Gasteiger partial charge in [0, 0.05) is 23.6 Å². The molecule has 3 rings (SSSR count). The van der Waals surface area contributed by atoms with Crippen LogP contribution in [0.5, 0.6) is 0 Å². The highest BCUT2D eigenvalue weighted by molar-refractivity contribution is 6.04. The summed E-state index contributed by atoms with van der Waals surface area (Å²) in [5.74, 6) is -0.0719. The predicted molar refractivity (Wildman–Crippen MR) is 77.4 cm³/mol. The number of hydrogen-bond donors (Lipinski definition) is 2. The summed E-state index contributed by atoms with van der Waals surface area (Å²) in [6.45, 7) is 1.94. The van der Waals surface area contributed by atoms with Crippen molar-refractivity contribution < 1.29 is 9.59 Å². The molecule has 1 aromatic carbocycles. The lowest BCUT2D eigenvalue weighted by Crippen LogP contribution is -2.40. The molecule has 2 atom stereocenters. The summed E-state index contributed by atoms with van der Waals surface area (Å²) in [7, 11) is 0. The van der Waals surface area contributed by atoms with Crippen LogP contribution >= 0.6 is 0 Å². The Morgan fingerprint density at radius 1 is 1.29 bits per heavy atom. The van der Waals surface area contributed by atoms with Gasteiger partial charge in [0.15, 0.2) is 5.78 Å². The summed E-state index contributed by atoms with van der Waals surface area (Å²) < 4.78 is 1.86. The van der Waals surface area contributed by atoms with Crippen molar-refractivity contribution in [1.82, 2.24) is 20.2 Å². The van der Waals surface area contributed by atoms with Crippen LogP contribution in [0.15, 0.2) is 43.0 Å². The predicted octanol–water partition coefficient (Wildman–Crippen LogP) is 1.51. The van der Waals surface area contributed by atoms with E-state index >= 15 is 0 Å². The summed E-state index contributed by atoms with van der Waals surface area (Å²) in [5, 5.41) is 5.44. The van der Waals surface area contributed by atoms with Crippen molar-refractivity contribution >= 4 is 11.8 Å². The van der Waals surface area contributed by atoms with E-state index in [0.717, 1.165) is 5.69 Å². The number of nitrogens with one attached hydrogen (secondary N) is 2. The number of ketones is 1. The van der Waals surface area contributed by atoms with Crippen LogP contribution in [-0.4, -0.2) is 33.4 Å². The molecule has 2 amide bonds. The lowest BCUT2D eigenvalue weighted by atomic mass is 9.97. The van der Waals surface area contributed by atoms with Crippen molar-refractivity contribution in [3.63, 3.8) is 0 Å². The Kier molecular flexibility index (Phi) is 3.43. The molecule has 0 aliphatic carbocycles. The molecule has 1 saturated heterocycles. The minimum absolute atomic E-state index is 0.0719. The van der Waals surface area contributed by atoms with Gasteiger partial charge in [-0.2, -0.15) is 0 Å². The molecule has 0 radical (unpaired) electrons. The second-order valence-electron chi connectivity index (χ2n) is 4.99. The van der Waals surface area contributed by atoms with Crippen molar-refractivity contribution in [1.29, 1.82) is 0 Å². The summed E-state index contributed by atoms with van der Waals surface area (Å²) in [4.78, 5) is 27.9. The van der Waals surface area contributed by atoms with Crippen LogP contribution in [0.1, 0.15) is 23.7 Å². The van der Waals surface area contributed by atoms with Crippen LogP contribution in [0.4, 0.5) is 4.79 Å². The van der Waals surface area contributed by atoms with E-state index in [1.165, 1.54) is 0 Å². The van der Waals surface area contributed by atoms with Gasteiger partial charge >= 0.3 is 6.03 Å². The minimum atomic E-state index is -0.499. The largest absolute Gasteiger partial charge is 0.333 e. The summed E-state index contributed by atoms with van der Waals surface area (Å²) >= 11 is 0. The number of nitrogens with zero attached hydrogens (tertiary/aromatic N) is 2. The summed E-state index contributed by atoms with van der Waals surface area (Å²) in [6, 6.07) is 6.33. The minimum Gasteiger partial charge on any atom is -0.333 e. The lowest BCUT2D eigenvalue weighted by molar-refractivity contribution is 0.0943. The van der Waals surface area contributed by atoms with E-state index in [9.17, 15) is 9.59 Å². The van der Waals surface area contributed by atoms with E-state index in [-0.39, 0.29) is 17.9 Å². The monoisotopic (exact) mass is 284 g/mol. The Labute approximate surface area is 122 Å². The number of imidazole rings is 1. The van der Waals surface area contributed by atoms with Gasteiger partial charge in [-0.25, -0.2) is 9.78 Å². The summed E-state index contributed by atoms with van der Waals surface area (Å²) in [5.41, 5.74) is 1.52. The van der Waals surface area contributed by atoms with Crippen molar-refractivity contribution in [2.75, 3.05) is 0 Å². The topological polar surface area (TPSA) is 76.0 Å². The molecule has 6 nitrogen and oxygen atoms in total. The molecule has 2 heterocycles. The molecule has 0 saturated carbocycles. The molecule has 1 aromatic heterocycles. The Morgan fingerprint density at radius 2 is 2.05 bits per heavy atom. The maximum absolute atomic E-state index is 12.5. The molecule has 1 aliphatic heterocycles. The number of hydrogen-bond acceptors (Lipinski definition) is 3. The number of aromatic nitrogens is 2. The standard InChI is InChI=1S/C15H16N4O2/c1-2-12-13(18-15(21)17-12)14(20)10-3-5-11(6-4-10)19-8-7-16-9-19/h3-9,12-13H,2H2,1H3,(H2,17,18,21). The highest BCUT2D eigenvalue weighted by atomic mass is 16.2. The smallest absolute Gasteiger partial charge is 0.315 e. The van der Waals surface area contributed by atoms with Gasteiger partial charge in [0.1, 0.15) is 6.04 Å². The summed E-state index contributed by atoms with van der Waals surface area (Å²) in [6.07, 6.45) is 5.95. The van der Waals surface area contributed by atoms with Gasteiger partial charge in [0.2, 0.25) is 0 Å². The van der Waals surface area contributed by atoms with Crippen LogP contribution in [0.2, 0.25) is 0 Å². The van der Waals surface area contributed by atoms with Crippen molar-refractivity contribution in [2.45, 2.75) is 25.4 Å². The van der Waals surface area contributed by atoms with E-state index in [4.69, 9.17) is 0 Å². The number of rotatable bonds is 4. The highest BCUT2D eigenvalue weighted by Crippen LogP contribution is 2.15. The van der Waals surface area contributed by atoms with Crippen molar-refractivity contribution in [3.8, 4) is 5.69 Å². The van der Waals surface area contributed by atoms with Crippen molar-refractivity contribution in [3.05, 3.63) is 48.5 Å². The first kappa shape index (κ1) is 13.4. The van der Waals surface area contributed by atoms with E-state index in [1.807, 2.05) is 29.8 Å². The van der Waals surface area contributed by atoms with E-state index < -0.39 is 6.04 Å². The lowest BCUT2D eigenvalue weighted by Gasteiger charge is -2.15. The number of Topliss-reactive ketones (excluding diaryl/α,β-unsaturated/α-hetero) is 1. The Bertz CT molecular complexity index is 649. The normalized spacial score (nSPS) is 20.9. The number of amides is 2. The van der Waals surface area contributed by atoms with Gasteiger partial charge in [0.25, 0.3) is 0 Å². The van der Waals surface area contributed by atoms with Crippen LogP contribution in [0.25, 0.3) is 5.69 Å². The van der Waals surface area contributed by atoms with Gasteiger partial charge in [-0.15, -0.1) is 0 Å². The number of carbonyl (C=O) groups is 2. The molecule has 0 spiro atoms. The van der Waals surface area contributed by atoms with Crippen molar-refractivity contribution in [2.24, 2.45) is 0 Å². The first-order valence-electron chi connectivity index (χ1n) is 6.88. The van der Waals surface area contributed by atoms with Crippen LogP contribution < -0.4 is 10.6 Å². The molecule has 2 unspecified atom stereocenters. The zero-order chi connectivity index (χ0) is 14.8. The second-order valence-corrected chi connectivity index (χ2v) is 4.99. The number of benzene rings is 1. The first-order chi connectivity index (χ1) is 10.2. The maximum atomic E-state index is 12.5. The zero-order valence-corrected chi connectivity index (χ0v) is 11.6. The maximum Gasteiger partial charge on any atom is 0.315 e. The second kappa shape index (κ2) is 5.40. The molecule has 21 heavy (non-hydrogen) atoms.